The van der Waals surface area contributed by atoms with E-state index in [1.807, 2.05) is 55.3 Å². The molecule has 0 aliphatic carbocycles. The second-order valence-electron chi connectivity index (χ2n) is 7.27. The Morgan fingerprint density at radius 1 is 1.10 bits per heavy atom. The van der Waals surface area contributed by atoms with Crippen LogP contribution in [0.15, 0.2) is 67.1 Å². The van der Waals surface area contributed by atoms with Gasteiger partial charge in [-0.2, -0.15) is 5.10 Å². The molecule has 4 aromatic rings. The van der Waals surface area contributed by atoms with Gasteiger partial charge in [-0.15, -0.1) is 0 Å². The van der Waals surface area contributed by atoms with Crippen LogP contribution in [0.3, 0.4) is 0 Å². The van der Waals surface area contributed by atoms with Gasteiger partial charge in [0.2, 0.25) is 5.91 Å². The minimum absolute atomic E-state index is 0.134. The maximum Gasteiger partial charge on any atom is 0.248 e. The molecule has 2 N–H and O–H groups in total. The summed E-state index contributed by atoms with van der Waals surface area (Å²) in [4.78, 5) is 18.0. The van der Waals surface area contributed by atoms with Crippen LogP contribution in [-0.4, -0.2) is 27.6 Å². The molecular weight excluding hydrogens is 362 g/mol. The van der Waals surface area contributed by atoms with E-state index in [0.29, 0.717) is 5.56 Å². The van der Waals surface area contributed by atoms with Crippen molar-refractivity contribution in [1.29, 1.82) is 0 Å². The summed E-state index contributed by atoms with van der Waals surface area (Å²) in [6.07, 6.45) is 5.69. The van der Waals surface area contributed by atoms with E-state index < -0.39 is 5.91 Å². The number of nitrogens with zero attached hydrogens (tertiary/aromatic N) is 4. The summed E-state index contributed by atoms with van der Waals surface area (Å²) in [5.41, 5.74) is 11.1. The number of hydrogen-bond donors (Lipinski definition) is 1. The molecule has 1 atom stereocenters. The molecule has 1 unspecified atom stereocenters. The van der Waals surface area contributed by atoms with Crippen LogP contribution < -0.4 is 10.6 Å². The topological polar surface area (TPSA) is 76.5 Å². The highest BCUT2D eigenvalue weighted by Crippen LogP contribution is 2.29. The number of benzene rings is 1. The molecule has 0 saturated heterocycles. The van der Waals surface area contributed by atoms with Gasteiger partial charge in [-0.25, -0.2) is 9.50 Å². The summed E-state index contributed by atoms with van der Waals surface area (Å²) in [6.45, 7) is 4.19. The molecule has 1 aromatic carbocycles. The average molecular weight is 385 g/mol. The molecule has 1 amide bonds. The first kappa shape index (κ1) is 18.7. The normalized spacial score (nSPS) is 12.1. The number of amides is 1. The van der Waals surface area contributed by atoms with Crippen LogP contribution in [0.4, 0.5) is 5.82 Å². The van der Waals surface area contributed by atoms with Crippen molar-refractivity contribution in [3.63, 3.8) is 0 Å². The number of primary amides is 1. The minimum Gasteiger partial charge on any atom is -0.366 e. The number of carbonyl (C=O) groups is 1. The quantitative estimate of drug-likeness (QED) is 0.563. The lowest BCUT2D eigenvalue weighted by molar-refractivity contribution is 0.100. The van der Waals surface area contributed by atoms with Crippen molar-refractivity contribution in [3.05, 3.63) is 83.8 Å². The van der Waals surface area contributed by atoms with Crippen molar-refractivity contribution in [2.24, 2.45) is 5.73 Å². The smallest absolute Gasteiger partial charge is 0.248 e. The molecule has 0 saturated carbocycles. The number of nitrogens with two attached hydrogens (primary N) is 1. The van der Waals surface area contributed by atoms with E-state index in [1.54, 1.807) is 12.1 Å². The SMILES string of the molecule is Cc1ccc(N(C)C(C)c2ccn3ncc(-c4ccc(C(N)=O)cc4)c3c2)nc1. The van der Waals surface area contributed by atoms with Crippen molar-refractivity contribution in [1.82, 2.24) is 14.6 Å². The molecule has 6 heteroatoms. The van der Waals surface area contributed by atoms with Gasteiger partial charge in [0.1, 0.15) is 5.82 Å². The zero-order chi connectivity index (χ0) is 20.5. The lowest BCUT2D eigenvalue weighted by atomic mass is 10.0. The minimum atomic E-state index is -0.430. The lowest BCUT2D eigenvalue weighted by Crippen LogP contribution is -2.22. The Labute approximate surface area is 169 Å². The number of carbonyl (C=O) groups excluding carboxylic acids is 1. The fourth-order valence-corrected chi connectivity index (χ4v) is 3.38. The van der Waals surface area contributed by atoms with Crippen LogP contribution in [-0.2, 0) is 0 Å². The Kier molecular flexibility index (Phi) is 4.76. The summed E-state index contributed by atoms with van der Waals surface area (Å²) in [5.74, 6) is 0.499. The maximum atomic E-state index is 11.3. The van der Waals surface area contributed by atoms with E-state index in [1.165, 1.54) is 0 Å². The van der Waals surface area contributed by atoms with Crippen molar-refractivity contribution in [2.45, 2.75) is 19.9 Å². The number of aromatic nitrogens is 3. The molecule has 29 heavy (non-hydrogen) atoms. The fourth-order valence-electron chi connectivity index (χ4n) is 3.38. The van der Waals surface area contributed by atoms with Crippen molar-refractivity contribution < 1.29 is 4.79 Å². The molecule has 3 aromatic heterocycles. The summed E-state index contributed by atoms with van der Waals surface area (Å²) in [5, 5.41) is 4.46. The van der Waals surface area contributed by atoms with Crippen molar-refractivity contribution in [3.8, 4) is 11.1 Å². The fraction of sp³-hybridized carbons (Fsp3) is 0.174. The Balaban J connectivity index is 1.69. The van der Waals surface area contributed by atoms with Gasteiger partial charge in [0.05, 0.1) is 17.8 Å². The lowest BCUT2D eigenvalue weighted by Gasteiger charge is -2.26. The van der Waals surface area contributed by atoms with Crippen LogP contribution >= 0.6 is 0 Å². The van der Waals surface area contributed by atoms with Crippen LogP contribution in [0.25, 0.3) is 16.6 Å². The van der Waals surface area contributed by atoms with Crippen LogP contribution in [0.1, 0.15) is 34.5 Å². The largest absolute Gasteiger partial charge is 0.366 e. The van der Waals surface area contributed by atoms with E-state index >= 15 is 0 Å². The second kappa shape index (κ2) is 7.39. The number of rotatable bonds is 5. The first-order chi connectivity index (χ1) is 13.9. The Morgan fingerprint density at radius 3 is 2.52 bits per heavy atom. The molecule has 0 radical (unpaired) electrons. The molecule has 0 aliphatic heterocycles. The molecular formula is C23H23N5O. The monoisotopic (exact) mass is 385 g/mol. The summed E-state index contributed by atoms with van der Waals surface area (Å²) >= 11 is 0. The predicted octanol–water partition coefficient (Wildman–Crippen LogP) is 4.00. The van der Waals surface area contributed by atoms with Gasteiger partial charge in [0.25, 0.3) is 0 Å². The van der Waals surface area contributed by atoms with Gasteiger partial charge in [-0.3, -0.25) is 4.79 Å². The van der Waals surface area contributed by atoms with E-state index in [2.05, 4.69) is 40.1 Å². The Morgan fingerprint density at radius 2 is 1.86 bits per heavy atom. The predicted molar refractivity (Wildman–Crippen MR) is 115 cm³/mol. The van der Waals surface area contributed by atoms with Gasteiger partial charge in [-0.1, -0.05) is 18.2 Å². The molecule has 0 fully saturated rings. The Hall–Kier alpha value is -3.67. The average Bonchev–Trinajstić information content (AvgIpc) is 3.16. The first-order valence-corrected chi connectivity index (χ1v) is 9.47. The van der Waals surface area contributed by atoms with Crippen LogP contribution in [0.5, 0.6) is 0 Å². The zero-order valence-corrected chi connectivity index (χ0v) is 16.7. The van der Waals surface area contributed by atoms with Gasteiger partial charge in [0, 0.05) is 30.6 Å². The Bertz CT molecular complexity index is 1160. The van der Waals surface area contributed by atoms with Gasteiger partial charge >= 0.3 is 0 Å². The second-order valence-corrected chi connectivity index (χ2v) is 7.27. The molecule has 0 bridgehead atoms. The molecule has 146 valence electrons. The van der Waals surface area contributed by atoms with Gasteiger partial charge < -0.3 is 10.6 Å². The van der Waals surface area contributed by atoms with Gasteiger partial charge in [-0.05, 0) is 60.9 Å². The number of anilines is 1. The summed E-state index contributed by atoms with van der Waals surface area (Å²) < 4.78 is 1.86. The number of fused-ring (bicyclic) bond motifs is 1. The number of aryl methyl sites for hydroxylation is 1. The maximum absolute atomic E-state index is 11.3. The van der Waals surface area contributed by atoms with E-state index in [4.69, 9.17) is 5.73 Å². The van der Waals surface area contributed by atoms with E-state index in [0.717, 1.165) is 33.6 Å². The third kappa shape index (κ3) is 3.57. The highest BCUT2D eigenvalue weighted by Gasteiger charge is 2.16. The molecule has 3 heterocycles. The summed E-state index contributed by atoms with van der Waals surface area (Å²) in [7, 11) is 2.05. The number of hydrogen-bond acceptors (Lipinski definition) is 4. The van der Waals surface area contributed by atoms with Crippen molar-refractivity contribution in [2.75, 3.05) is 11.9 Å². The number of pyridine rings is 2. The first-order valence-electron chi connectivity index (χ1n) is 9.47. The highest BCUT2D eigenvalue weighted by atomic mass is 16.1. The highest BCUT2D eigenvalue weighted by molar-refractivity contribution is 5.93. The van der Waals surface area contributed by atoms with Gasteiger partial charge in [0.15, 0.2) is 0 Å². The zero-order valence-electron chi connectivity index (χ0n) is 16.7. The molecule has 4 rings (SSSR count). The van der Waals surface area contributed by atoms with Crippen LogP contribution in [0.2, 0.25) is 0 Å². The van der Waals surface area contributed by atoms with E-state index in [9.17, 15) is 4.79 Å². The molecule has 0 aliphatic rings. The molecule has 6 nitrogen and oxygen atoms in total. The summed E-state index contributed by atoms with van der Waals surface area (Å²) in [6, 6.07) is 15.7. The standard InChI is InChI=1S/C23H23N5O/c1-15-4-9-22(25-13-15)27(3)16(2)19-10-11-28-21(12-19)20(14-26-28)17-5-7-18(8-6-17)23(24)29/h4-14,16H,1-3H3,(H2,24,29). The third-order valence-corrected chi connectivity index (χ3v) is 5.35. The van der Waals surface area contributed by atoms with Crippen LogP contribution in [0, 0.1) is 6.92 Å². The molecule has 0 spiro atoms. The third-order valence-electron chi connectivity index (χ3n) is 5.35. The van der Waals surface area contributed by atoms with E-state index in [-0.39, 0.29) is 6.04 Å². The van der Waals surface area contributed by atoms with Crippen molar-refractivity contribution >= 4 is 17.2 Å².